The number of allylic oxidation sites excluding steroid dienone is 5. The third kappa shape index (κ3) is 15.7. The highest BCUT2D eigenvalue weighted by Crippen LogP contribution is 2.65. The predicted molar refractivity (Wildman–Crippen MR) is 212 cm³/mol. The van der Waals surface area contributed by atoms with Crippen LogP contribution in [0.5, 0.6) is 0 Å². The number of rotatable bonds is 12. The van der Waals surface area contributed by atoms with Gasteiger partial charge in [-0.05, 0) is 122 Å². The lowest BCUT2D eigenvalue weighted by molar-refractivity contribution is 0.378. The van der Waals surface area contributed by atoms with Gasteiger partial charge in [0.1, 0.15) is 0 Å². The van der Waals surface area contributed by atoms with Crippen LogP contribution in [0.25, 0.3) is 0 Å². The minimum Gasteiger partial charge on any atom is -0.100 e. The Hall–Kier alpha value is -2.08. The normalized spacial score (nSPS) is 19.8. The number of benzene rings is 1. The highest BCUT2D eigenvalue weighted by molar-refractivity contribution is 5.33. The Kier molecular flexibility index (Phi) is 18.8. The van der Waals surface area contributed by atoms with Crippen LogP contribution in [0.15, 0.2) is 85.0 Å². The van der Waals surface area contributed by atoms with Crippen molar-refractivity contribution in [1.82, 2.24) is 0 Å². The van der Waals surface area contributed by atoms with Gasteiger partial charge in [-0.1, -0.05) is 162 Å². The summed E-state index contributed by atoms with van der Waals surface area (Å²) < 4.78 is 0. The molecule has 0 bridgehead atoms. The second kappa shape index (κ2) is 19.7. The predicted octanol–water partition coefficient (Wildman–Crippen LogP) is 14.7. The first kappa shape index (κ1) is 43.9. The number of hydrogen-bond acceptors (Lipinski definition) is 0. The van der Waals surface area contributed by atoms with E-state index in [0.29, 0.717) is 28.6 Å². The van der Waals surface area contributed by atoms with Crippen molar-refractivity contribution in [3.8, 4) is 0 Å². The molecule has 1 saturated carbocycles. The summed E-state index contributed by atoms with van der Waals surface area (Å²) in [5, 5.41) is 0. The molecule has 0 heteroatoms. The van der Waals surface area contributed by atoms with Gasteiger partial charge in [0.2, 0.25) is 0 Å². The molecule has 0 amide bonds. The fourth-order valence-corrected chi connectivity index (χ4v) is 7.15. The van der Waals surface area contributed by atoms with E-state index in [1.807, 2.05) is 13.8 Å². The average Bonchev–Trinajstić information content (AvgIpc) is 3.24. The standard InChI is InChI=1S/C25H36.C12H22.C5H12.C4H8/c1-8-23-24(25(23,6)7)22(16(2)3)13-17(4)18(5)21-14-19-11-9-10-12-20(19)15-21;1-7-10(4)12(6)11(5)8-9(2)3;1-5(2,3)4;1-4(2)3/h9-12,18,21-24H,2,4,8,13-15H2,1,3,5-7H3;9,11H,4,6-8H2,1-3,5H3;1-4H3;1H2,2-3H3. The third-order valence-electron chi connectivity index (χ3n) is 9.86. The molecule has 3 rings (SSSR count). The molecular weight excluding hydrogens is 553 g/mol. The van der Waals surface area contributed by atoms with Gasteiger partial charge in [-0.15, -0.1) is 6.58 Å². The Morgan fingerprint density at radius 2 is 1.28 bits per heavy atom. The van der Waals surface area contributed by atoms with Gasteiger partial charge in [0, 0.05) is 0 Å². The Labute approximate surface area is 290 Å². The van der Waals surface area contributed by atoms with E-state index >= 15 is 0 Å². The molecule has 1 aromatic rings. The number of hydrogen-bond donors (Lipinski definition) is 0. The minimum absolute atomic E-state index is 0.478. The summed E-state index contributed by atoms with van der Waals surface area (Å²) in [6.45, 7) is 54.0. The molecule has 262 valence electrons. The van der Waals surface area contributed by atoms with Crippen LogP contribution >= 0.6 is 0 Å². The largest absolute Gasteiger partial charge is 0.100 e. The fraction of sp³-hybridized carbons (Fsp3) is 0.652. The zero-order chi connectivity index (χ0) is 36.2. The Balaban J connectivity index is 0.000000800. The van der Waals surface area contributed by atoms with Crippen molar-refractivity contribution in [3.05, 3.63) is 96.2 Å². The summed E-state index contributed by atoms with van der Waals surface area (Å²) in [4.78, 5) is 0. The molecule has 1 aromatic carbocycles. The van der Waals surface area contributed by atoms with E-state index < -0.39 is 0 Å². The summed E-state index contributed by atoms with van der Waals surface area (Å²) in [6, 6.07) is 8.97. The Morgan fingerprint density at radius 1 is 0.848 bits per heavy atom. The van der Waals surface area contributed by atoms with Crippen molar-refractivity contribution in [2.24, 2.45) is 52.3 Å². The second-order valence-electron chi connectivity index (χ2n) is 17.6. The van der Waals surface area contributed by atoms with Crippen molar-refractivity contribution in [3.63, 3.8) is 0 Å². The van der Waals surface area contributed by atoms with E-state index in [1.54, 1.807) is 11.1 Å². The van der Waals surface area contributed by atoms with Crippen LogP contribution in [0, 0.1) is 52.3 Å². The van der Waals surface area contributed by atoms with E-state index in [2.05, 4.69) is 147 Å². The van der Waals surface area contributed by atoms with Crippen LogP contribution in [0.1, 0.15) is 141 Å². The minimum atomic E-state index is 0.478. The molecule has 0 N–H and O–H groups in total. The SMILES string of the molecule is C=C(C)C.C=C(CC(C(=C)C)C1C(CC)C1(C)C)C(C)C1Cc2ccccc2C1.C=C(CC)C(=C)C(C)CC(C)C.CC(C)(C)C. The maximum absolute atomic E-state index is 4.55. The molecule has 0 nitrogen and oxygen atoms in total. The van der Waals surface area contributed by atoms with Gasteiger partial charge in [0.25, 0.3) is 0 Å². The van der Waals surface area contributed by atoms with Gasteiger partial charge < -0.3 is 0 Å². The van der Waals surface area contributed by atoms with Gasteiger partial charge in [-0.3, -0.25) is 0 Å². The zero-order valence-corrected chi connectivity index (χ0v) is 33.6. The molecule has 5 unspecified atom stereocenters. The summed E-state index contributed by atoms with van der Waals surface area (Å²) in [6.07, 6.45) is 7.12. The molecule has 0 radical (unpaired) electrons. The third-order valence-corrected chi connectivity index (χ3v) is 9.86. The van der Waals surface area contributed by atoms with Gasteiger partial charge >= 0.3 is 0 Å². The molecule has 5 atom stereocenters. The van der Waals surface area contributed by atoms with Crippen molar-refractivity contribution < 1.29 is 0 Å². The average molecular weight is 631 g/mol. The van der Waals surface area contributed by atoms with Gasteiger partial charge in [-0.25, -0.2) is 0 Å². The van der Waals surface area contributed by atoms with E-state index in [4.69, 9.17) is 0 Å². The van der Waals surface area contributed by atoms with Crippen LogP contribution in [-0.4, -0.2) is 0 Å². The Morgan fingerprint density at radius 3 is 1.61 bits per heavy atom. The topological polar surface area (TPSA) is 0 Å². The van der Waals surface area contributed by atoms with Gasteiger partial charge in [-0.2, -0.15) is 0 Å². The first-order chi connectivity index (χ1) is 21.0. The molecular formula is C46H78. The highest BCUT2D eigenvalue weighted by Gasteiger charge is 2.59. The summed E-state index contributed by atoms with van der Waals surface area (Å²) in [5.74, 6) is 4.92. The van der Waals surface area contributed by atoms with E-state index in [-0.39, 0.29) is 0 Å². The molecule has 0 aliphatic heterocycles. The quantitative estimate of drug-likeness (QED) is 0.159. The van der Waals surface area contributed by atoms with Crippen LogP contribution < -0.4 is 0 Å². The molecule has 0 heterocycles. The molecule has 0 spiro atoms. The van der Waals surface area contributed by atoms with Crippen molar-refractivity contribution in [1.29, 1.82) is 0 Å². The maximum Gasteiger partial charge on any atom is -0.0135 e. The fourth-order valence-electron chi connectivity index (χ4n) is 7.15. The van der Waals surface area contributed by atoms with Crippen molar-refractivity contribution in [2.45, 2.75) is 142 Å². The highest BCUT2D eigenvalue weighted by atomic mass is 14.6. The molecule has 1 fully saturated rings. The smallest absolute Gasteiger partial charge is 0.0135 e. The molecule has 2 aliphatic rings. The first-order valence-corrected chi connectivity index (χ1v) is 18.4. The molecule has 2 aliphatic carbocycles. The maximum atomic E-state index is 4.55. The van der Waals surface area contributed by atoms with E-state index in [9.17, 15) is 0 Å². The Bertz CT molecular complexity index is 1090. The first-order valence-electron chi connectivity index (χ1n) is 18.4. The zero-order valence-electron chi connectivity index (χ0n) is 33.6. The summed E-state index contributed by atoms with van der Waals surface area (Å²) in [7, 11) is 0. The lowest BCUT2D eigenvalue weighted by Gasteiger charge is -2.27. The van der Waals surface area contributed by atoms with Gasteiger partial charge in [0.15, 0.2) is 0 Å². The monoisotopic (exact) mass is 631 g/mol. The van der Waals surface area contributed by atoms with E-state index in [0.717, 1.165) is 36.5 Å². The van der Waals surface area contributed by atoms with Crippen molar-refractivity contribution >= 4 is 0 Å². The van der Waals surface area contributed by atoms with Crippen molar-refractivity contribution in [2.75, 3.05) is 0 Å². The lowest BCUT2D eigenvalue weighted by Crippen LogP contribution is -2.18. The number of fused-ring (bicyclic) bond motifs is 1. The van der Waals surface area contributed by atoms with Crippen LogP contribution in [0.2, 0.25) is 0 Å². The summed E-state index contributed by atoms with van der Waals surface area (Å²) in [5.41, 5.74) is 10.5. The molecule has 46 heavy (non-hydrogen) atoms. The summed E-state index contributed by atoms with van der Waals surface area (Å²) >= 11 is 0. The van der Waals surface area contributed by atoms with Crippen LogP contribution in [-0.2, 0) is 12.8 Å². The van der Waals surface area contributed by atoms with E-state index in [1.165, 1.54) is 53.5 Å². The van der Waals surface area contributed by atoms with Gasteiger partial charge in [0.05, 0.1) is 0 Å². The van der Waals surface area contributed by atoms with Crippen LogP contribution in [0.3, 0.4) is 0 Å². The molecule has 0 saturated heterocycles. The second-order valence-corrected chi connectivity index (χ2v) is 17.6. The molecule has 0 aromatic heterocycles. The lowest BCUT2D eigenvalue weighted by atomic mass is 9.78. The van der Waals surface area contributed by atoms with Crippen LogP contribution in [0.4, 0.5) is 0 Å².